The first-order valence-electron chi connectivity index (χ1n) is 5.27. The van der Waals surface area contributed by atoms with E-state index in [9.17, 15) is 18.5 Å². The van der Waals surface area contributed by atoms with Crippen LogP contribution >= 0.6 is 7.60 Å². The number of H-pyrrole nitrogens is 1. The van der Waals surface area contributed by atoms with Crippen molar-refractivity contribution in [3.8, 4) is 0 Å². The second-order valence-corrected chi connectivity index (χ2v) is 5.60. The molecule has 1 rings (SSSR count). The van der Waals surface area contributed by atoms with E-state index in [2.05, 4.69) is 9.72 Å². The maximum absolute atomic E-state index is 13.0. The molecule has 0 aliphatic carbocycles. The Morgan fingerprint density at radius 2 is 2.11 bits per heavy atom. The van der Waals surface area contributed by atoms with Crippen molar-refractivity contribution in [2.75, 3.05) is 0 Å². The Balaban J connectivity index is 2.87. The molecule has 3 N–H and O–H groups in total. The molecule has 0 aromatic carbocycles. The quantitative estimate of drug-likeness (QED) is 0.640. The van der Waals surface area contributed by atoms with Gasteiger partial charge in [-0.25, -0.2) is 9.18 Å². The molecular weight excluding hydrogens is 282 g/mol. The van der Waals surface area contributed by atoms with Gasteiger partial charge in [0, 0.05) is 11.8 Å². The van der Waals surface area contributed by atoms with E-state index in [4.69, 9.17) is 9.79 Å². The summed E-state index contributed by atoms with van der Waals surface area (Å²) in [5.74, 6) is 0. The van der Waals surface area contributed by atoms with E-state index in [1.807, 2.05) is 0 Å². The number of nitrogens with one attached hydrogen (secondary N) is 1. The van der Waals surface area contributed by atoms with E-state index >= 15 is 0 Å². The molecule has 0 aliphatic rings. The predicted molar refractivity (Wildman–Crippen MR) is 63.5 cm³/mol. The van der Waals surface area contributed by atoms with Crippen LogP contribution in [0.25, 0.3) is 0 Å². The highest BCUT2D eigenvalue weighted by Crippen LogP contribution is 2.43. The van der Waals surface area contributed by atoms with E-state index in [1.165, 1.54) is 20.0 Å². The molecule has 8 nitrogen and oxygen atoms in total. The lowest BCUT2D eigenvalue weighted by Crippen LogP contribution is -2.39. The summed E-state index contributed by atoms with van der Waals surface area (Å²) >= 11 is 0. The number of aromatic amines is 1. The third kappa shape index (κ3) is 4.10. The summed E-state index contributed by atoms with van der Waals surface area (Å²) in [5, 5.41) is 0. The SMILES string of the molecule is Cc1c[nH]c(=O)n(CC(C)O[C@@H](F)P(=O)(O)O)c1=O. The molecule has 0 aliphatic heterocycles. The van der Waals surface area contributed by atoms with Gasteiger partial charge in [0.15, 0.2) is 0 Å². The van der Waals surface area contributed by atoms with Gasteiger partial charge in [-0.1, -0.05) is 0 Å². The molecule has 0 amide bonds. The second-order valence-electron chi connectivity index (χ2n) is 4.02. The van der Waals surface area contributed by atoms with Gasteiger partial charge < -0.3 is 19.5 Å². The average molecular weight is 296 g/mol. The number of aromatic nitrogens is 2. The highest BCUT2D eigenvalue weighted by Gasteiger charge is 2.31. The van der Waals surface area contributed by atoms with Crippen LogP contribution in [-0.2, 0) is 15.8 Å². The van der Waals surface area contributed by atoms with Crippen molar-refractivity contribution in [3.63, 3.8) is 0 Å². The summed E-state index contributed by atoms with van der Waals surface area (Å²) in [7, 11) is -5.01. The molecule has 108 valence electrons. The van der Waals surface area contributed by atoms with E-state index < -0.39 is 31.0 Å². The van der Waals surface area contributed by atoms with Gasteiger partial charge in [0.2, 0.25) is 0 Å². The van der Waals surface area contributed by atoms with E-state index in [0.29, 0.717) is 0 Å². The molecule has 1 heterocycles. The van der Waals surface area contributed by atoms with Crippen LogP contribution in [0.5, 0.6) is 0 Å². The molecule has 1 unspecified atom stereocenters. The summed E-state index contributed by atoms with van der Waals surface area (Å²) in [4.78, 5) is 42.4. The highest BCUT2D eigenvalue weighted by atomic mass is 31.2. The molecule has 1 aromatic rings. The van der Waals surface area contributed by atoms with Crippen LogP contribution in [0.2, 0.25) is 0 Å². The maximum atomic E-state index is 13.0. The van der Waals surface area contributed by atoms with Gasteiger partial charge in [-0.2, -0.15) is 0 Å². The largest absolute Gasteiger partial charge is 0.386 e. The number of rotatable bonds is 5. The first-order chi connectivity index (χ1) is 8.62. The Morgan fingerprint density at radius 1 is 1.53 bits per heavy atom. The Hall–Kier alpha value is -1.28. The maximum Gasteiger partial charge on any atom is 0.386 e. The first kappa shape index (κ1) is 15.8. The molecule has 1 aromatic heterocycles. The first-order valence-corrected chi connectivity index (χ1v) is 6.95. The second kappa shape index (κ2) is 5.79. The smallest absolute Gasteiger partial charge is 0.334 e. The minimum Gasteiger partial charge on any atom is -0.334 e. The van der Waals surface area contributed by atoms with Crippen molar-refractivity contribution in [2.45, 2.75) is 32.6 Å². The van der Waals surface area contributed by atoms with Gasteiger partial charge in [-0.3, -0.25) is 13.9 Å². The summed E-state index contributed by atoms with van der Waals surface area (Å²) < 4.78 is 28.7. The van der Waals surface area contributed by atoms with Gasteiger partial charge in [0.05, 0.1) is 12.6 Å². The summed E-state index contributed by atoms with van der Waals surface area (Å²) in [5.41, 5.74) is -1.01. The zero-order valence-electron chi connectivity index (χ0n) is 10.2. The van der Waals surface area contributed by atoms with Crippen molar-refractivity contribution in [3.05, 3.63) is 32.6 Å². The predicted octanol–water partition coefficient (Wildman–Crippen LogP) is -0.319. The van der Waals surface area contributed by atoms with E-state index in [-0.39, 0.29) is 12.1 Å². The summed E-state index contributed by atoms with van der Waals surface area (Å²) in [6, 6.07) is 0. The number of alkyl halides is 1. The molecule has 0 spiro atoms. The van der Waals surface area contributed by atoms with Crippen LogP contribution in [0.4, 0.5) is 4.39 Å². The molecule has 0 bridgehead atoms. The van der Waals surface area contributed by atoms with Crippen LogP contribution in [0, 0.1) is 6.92 Å². The third-order valence-corrected chi connectivity index (χ3v) is 2.94. The minimum absolute atomic E-state index is 0.276. The van der Waals surface area contributed by atoms with Crippen molar-refractivity contribution in [2.24, 2.45) is 0 Å². The zero-order valence-corrected chi connectivity index (χ0v) is 11.1. The minimum atomic E-state index is -5.01. The molecule has 0 fully saturated rings. The van der Waals surface area contributed by atoms with Crippen LogP contribution in [0.15, 0.2) is 15.8 Å². The molecule has 2 atom stereocenters. The average Bonchev–Trinajstić information content (AvgIpc) is 2.28. The molecule has 0 saturated carbocycles. The lowest BCUT2D eigenvalue weighted by molar-refractivity contribution is -0.0473. The van der Waals surface area contributed by atoms with Gasteiger partial charge in [0.1, 0.15) is 0 Å². The van der Waals surface area contributed by atoms with Crippen LogP contribution in [-0.4, -0.2) is 31.5 Å². The number of hydrogen-bond acceptors (Lipinski definition) is 4. The lowest BCUT2D eigenvalue weighted by atomic mass is 10.3. The van der Waals surface area contributed by atoms with Crippen molar-refractivity contribution in [1.82, 2.24) is 9.55 Å². The Labute approximate surface area is 107 Å². The Bertz CT molecular complexity index is 605. The number of nitrogens with zero attached hydrogens (tertiary/aromatic N) is 1. The topological polar surface area (TPSA) is 122 Å². The van der Waals surface area contributed by atoms with Crippen LogP contribution in [0.1, 0.15) is 12.5 Å². The highest BCUT2D eigenvalue weighted by molar-refractivity contribution is 7.52. The number of aryl methyl sites for hydroxylation is 1. The molecule has 0 radical (unpaired) electrons. The Morgan fingerprint density at radius 3 is 2.63 bits per heavy atom. The van der Waals surface area contributed by atoms with Gasteiger partial charge in [-0.05, 0) is 13.8 Å². The molecule has 10 heteroatoms. The fraction of sp³-hybridized carbons (Fsp3) is 0.556. The monoisotopic (exact) mass is 296 g/mol. The molecular formula is C9H14FN2O6P. The van der Waals surface area contributed by atoms with Gasteiger partial charge >= 0.3 is 19.4 Å². The third-order valence-electron chi connectivity index (χ3n) is 2.29. The van der Waals surface area contributed by atoms with Crippen molar-refractivity contribution >= 4 is 7.60 Å². The van der Waals surface area contributed by atoms with Crippen molar-refractivity contribution in [1.29, 1.82) is 0 Å². The van der Waals surface area contributed by atoms with Crippen LogP contribution < -0.4 is 11.2 Å². The number of ether oxygens (including phenoxy) is 1. The zero-order chi connectivity index (χ0) is 14.8. The standard InChI is InChI=1S/C9H14FN2O6P/c1-5-3-11-9(14)12(7(5)13)4-6(2)18-8(10)19(15,16)17/h3,6,8H,4H2,1-2H3,(H,11,14)(H2,15,16,17)/t6?,8-/m1/s1. The normalized spacial score (nSPS) is 15.2. The number of halogens is 1. The fourth-order valence-corrected chi connectivity index (χ4v) is 1.72. The van der Waals surface area contributed by atoms with Gasteiger partial charge in [0.25, 0.3) is 5.56 Å². The molecule has 0 saturated heterocycles. The summed E-state index contributed by atoms with van der Waals surface area (Å²) in [6.45, 7) is 2.45. The van der Waals surface area contributed by atoms with E-state index in [1.54, 1.807) is 0 Å². The van der Waals surface area contributed by atoms with Crippen molar-refractivity contribution < 1.29 is 23.5 Å². The van der Waals surface area contributed by atoms with E-state index in [0.717, 1.165) is 4.57 Å². The fourth-order valence-electron chi connectivity index (χ4n) is 1.35. The number of hydrogen-bond donors (Lipinski definition) is 3. The van der Waals surface area contributed by atoms with Gasteiger partial charge in [-0.15, -0.1) is 0 Å². The summed E-state index contributed by atoms with van der Waals surface area (Å²) in [6.07, 6.45) is -2.62. The lowest BCUT2D eigenvalue weighted by Gasteiger charge is -2.17. The molecule has 19 heavy (non-hydrogen) atoms. The Kier molecular flexibility index (Phi) is 4.81. The van der Waals surface area contributed by atoms with Crippen LogP contribution in [0.3, 0.4) is 0 Å².